The summed E-state index contributed by atoms with van der Waals surface area (Å²) in [7, 11) is 0. The van der Waals surface area contributed by atoms with E-state index in [0.29, 0.717) is 18.5 Å². The number of halogens is 3. The SMILES string of the molecule is CC1CC(c2ccncc2NC(=O)c2nc(-c3c(F)cc(C4(F)CCOCC4)cc3F)sc2N)CC(N)C1O. The van der Waals surface area contributed by atoms with Crippen LogP contribution >= 0.6 is 11.3 Å². The van der Waals surface area contributed by atoms with Crippen LogP contribution < -0.4 is 16.8 Å². The van der Waals surface area contributed by atoms with Crippen molar-refractivity contribution in [3.05, 3.63) is 59.0 Å². The van der Waals surface area contributed by atoms with Crippen LogP contribution in [0.4, 0.5) is 23.9 Å². The number of carbonyl (C=O) groups is 1. The summed E-state index contributed by atoms with van der Waals surface area (Å²) in [6.07, 6.45) is 3.72. The maximum absolute atomic E-state index is 15.3. The van der Waals surface area contributed by atoms with Gasteiger partial charge >= 0.3 is 0 Å². The van der Waals surface area contributed by atoms with Crippen LogP contribution in [-0.4, -0.2) is 46.3 Å². The number of aromatic nitrogens is 2. The Morgan fingerprint density at radius 2 is 1.92 bits per heavy atom. The molecular formula is C27H30F3N5O3S. The number of hydrogen-bond acceptors (Lipinski definition) is 8. The molecule has 1 aromatic carbocycles. The van der Waals surface area contributed by atoms with Crippen LogP contribution in [0, 0.1) is 17.6 Å². The van der Waals surface area contributed by atoms with Gasteiger partial charge in [0.25, 0.3) is 5.91 Å². The van der Waals surface area contributed by atoms with Gasteiger partial charge in [0.2, 0.25) is 0 Å². The molecule has 1 aliphatic heterocycles. The number of pyridine rings is 1. The van der Waals surface area contributed by atoms with Crippen LogP contribution in [0.2, 0.25) is 0 Å². The number of benzene rings is 1. The standard InChI is InChI=1S/C27H30F3N5O3S/c1-13-8-14(9-19(31)23(13)36)16-2-5-33-12-20(16)34-25(37)22-24(32)39-26(35-22)21-17(28)10-15(11-18(21)29)27(30)3-6-38-7-4-27/h2,5,10-14,19,23,36H,3-4,6-9,31-32H2,1H3,(H,34,37). The van der Waals surface area contributed by atoms with E-state index in [9.17, 15) is 9.90 Å². The van der Waals surface area contributed by atoms with E-state index >= 15 is 13.2 Å². The molecule has 1 saturated heterocycles. The van der Waals surface area contributed by atoms with Gasteiger partial charge in [0.15, 0.2) is 5.69 Å². The predicted octanol–water partition coefficient (Wildman–Crippen LogP) is 4.49. The molecule has 0 spiro atoms. The Bertz CT molecular complexity index is 1350. The molecule has 1 saturated carbocycles. The molecule has 1 aliphatic carbocycles. The third kappa shape index (κ3) is 5.38. The lowest BCUT2D eigenvalue weighted by Crippen LogP contribution is -2.44. The van der Waals surface area contributed by atoms with E-state index in [4.69, 9.17) is 16.2 Å². The fraction of sp³-hybridized carbons (Fsp3) is 0.444. The number of nitrogens with two attached hydrogens (primary N) is 2. The number of anilines is 2. The Morgan fingerprint density at radius 3 is 2.59 bits per heavy atom. The van der Waals surface area contributed by atoms with Crippen LogP contribution in [0.5, 0.6) is 0 Å². The quantitative estimate of drug-likeness (QED) is 0.360. The average Bonchev–Trinajstić information content (AvgIpc) is 3.28. The summed E-state index contributed by atoms with van der Waals surface area (Å²) < 4.78 is 50.7. The van der Waals surface area contributed by atoms with Gasteiger partial charge in [-0.05, 0) is 54.0 Å². The summed E-state index contributed by atoms with van der Waals surface area (Å²) in [4.78, 5) is 21.4. The third-order valence-corrected chi connectivity index (χ3v) is 8.61. The van der Waals surface area contributed by atoms with Crippen molar-refractivity contribution < 1.29 is 27.8 Å². The predicted molar refractivity (Wildman–Crippen MR) is 142 cm³/mol. The fourth-order valence-electron chi connectivity index (χ4n) is 5.50. The Hall–Kier alpha value is -3.06. The van der Waals surface area contributed by atoms with E-state index in [0.717, 1.165) is 29.0 Å². The number of ether oxygens (including phenoxy) is 1. The minimum Gasteiger partial charge on any atom is -0.391 e. The van der Waals surface area contributed by atoms with Crippen molar-refractivity contribution in [2.75, 3.05) is 24.3 Å². The van der Waals surface area contributed by atoms with Gasteiger partial charge < -0.3 is 26.6 Å². The maximum atomic E-state index is 15.3. The monoisotopic (exact) mass is 561 g/mol. The summed E-state index contributed by atoms with van der Waals surface area (Å²) in [6.45, 7) is 2.25. The van der Waals surface area contributed by atoms with Gasteiger partial charge in [0, 0.05) is 38.3 Å². The van der Waals surface area contributed by atoms with Crippen molar-refractivity contribution in [2.45, 2.75) is 56.3 Å². The number of nitrogens with zero attached hydrogens (tertiary/aromatic N) is 2. The Balaban J connectivity index is 1.40. The van der Waals surface area contributed by atoms with Crippen LogP contribution in [-0.2, 0) is 10.4 Å². The summed E-state index contributed by atoms with van der Waals surface area (Å²) in [5.74, 6) is -2.69. The summed E-state index contributed by atoms with van der Waals surface area (Å²) in [5, 5.41) is 12.8. The summed E-state index contributed by atoms with van der Waals surface area (Å²) >= 11 is 0.760. The fourth-order valence-corrected chi connectivity index (χ4v) is 6.37. The lowest BCUT2D eigenvalue weighted by Gasteiger charge is -2.36. The smallest absolute Gasteiger partial charge is 0.277 e. The first-order valence-corrected chi connectivity index (χ1v) is 13.6. The molecule has 1 amide bonds. The van der Waals surface area contributed by atoms with E-state index in [2.05, 4.69) is 15.3 Å². The van der Waals surface area contributed by atoms with E-state index in [1.807, 2.05) is 6.92 Å². The van der Waals surface area contributed by atoms with E-state index in [1.54, 1.807) is 12.3 Å². The number of carbonyl (C=O) groups excluding carboxylic acids is 1. The number of nitrogen functional groups attached to an aromatic ring is 1. The second kappa shape index (κ2) is 10.8. The first kappa shape index (κ1) is 27.5. The number of aliphatic hydroxyl groups excluding tert-OH is 1. The van der Waals surface area contributed by atoms with Gasteiger partial charge in [-0.3, -0.25) is 9.78 Å². The zero-order chi connectivity index (χ0) is 27.9. The van der Waals surface area contributed by atoms with E-state index in [1.165, 1.54) is 6.20 Å². The largest absolute Gasteiger partial charge is 0.391 e. The molecule has 2 aromatic heterocycles. The highest BCUT2D eigenvalue weighted by molar-refractivity contribution is 7.19. The molecule has 3 aromatic rings. The highest BCUT2D eigenvalue weighted by atomic mass is 32.1. The third-order valence-electron chi connectivity index (χ3n) is 7.70. The molecule has 0 bridgehead atoms. The molecule has 12 heteroatoms. The van der Waals surface area contributed by atoms with Crippen LogP contribution in [0.25, 0.3) is 10.6 Å². The van der Waals surface area contributed by atoms with Crippen LogP contribution in [0.1, 0.15) is 60.1 Å². The van der Waals surface area contributed by atoms with Gasteiger partial charge in [0.1, 0.15) is 27.3 Å². The molecule has 3 heterocycles. The molecule has 2 fully saturated rings. The number of amides is 1. The molecule has 208 valence electrons. The summed E-state index contributed by atoms with van der Waals surface area (Å²) in [5.41, 5.74) is 10.8. The number of thiazole rings is 1. The van der Waals surface area contributed by atoms with Gasteiger partial charge in [-0.25, -0.2) is 18.2 Å². The topological polar surface area (TPSA) is 136 Å². The zero-order valence-electron chi connectivity index (χ0n) is 21.3. The second-order valence-electron chi connectivity index (χ2n) is 10.3. The molecular weight excluding hydrogens is 531 g/mol. The molecule has 0 radical (unpaired) electrons. The number of rotatable bonds is 5. The highest BCUT2D eigenvalue weighted by Gasteiger charge is 2.37. The first-order chi connectivity index (χ1) is 18.6. The average molecular weight is 562 g/mol. The van der Waals surface area contributed by atoms with Gasteiger partial charge in [-0.15, -0.1) is 0 Å². The van der Waals surface area contributed by atoms with Gasteiger partial charge in [-0.1, -0.05) is 18.3 Å². The van der Waals surface area contributed by atoms with Crippen molar-refractivity contribution >= 4 is 27.9 Å². The molecule has 5 rings (SSSR count). The lowest BCUT2D eigenvalue weighted by atomic mass is 9.74. The molecule has 4 unspecified atom stereocenters. The normalized spacial score (nSPS) is 24.9. The minimum atomic E-state index is -1.88. The Kier molecular flexibility index (Phi) is 7.64. The van der Waals surface area contributed by atoms with E-state index in [-0.39, 0.29) is 59.2 Å². The van der Waals surface area contributed by atoms with Gasteiger partial charge in [-0.2, -0.15) is 0 Å². The van der Waals surface area contributed by atoms with Crippen molar-refractivity contribution in [1.29, 1.82) is 0 Å². The Labute approximate surface area is 227 Å². The zero-order valence-corrected chi connectivity index (χ0v) is 22.1. The number of alkyl halides is 1. The number of hydrogen-bond donors (Lipinski definition) is 4. The van der Waals surface area contributed by atoms with Crippen molar-refractivity contribution in [3.8, 4) is 10.6 Å². The molecule has 39 heavy (non-hydrogen) atoms. The molecule has 4 atom stereocenters. The first-order valence-electron chi connectivity index (χ1n) is 12.8. The molecule has 6 N–H and O–H groups in total. The van der Waals surface area contributed by atoms with E-state index < -0.39 is 40.9 Å². The number of aliphatic hydroxyl groups is 1. The molecule has 8 nitrogen and oxygen atoms in total. The van der Waals surface area contributed by atoms with Crippen LogP contribution in [0.15, 0.2) is 30.6 Å². The van der Waals surface area contributed by atoms with Crippen molar-refractivity contribution in [2.24, 2.45) is 11.7 Å². The van der Waals surface area contributed by atoms with Gasteiger partial charge in [0.05, 0.1) is 23.6 Å². The minimum absolute atomic E-state index is 0.00235. The summed E-state index contributed by atoms with van der Waals surface area (Å²) in [6, 6.07) is 3.32. The lowest BCUT2D eigenvalue weighted by molar-refractivity contribution is -0.0117. The second-order valence-corrected chi connectivity index (χ2v) is 11.4. The Morgan fingerprint density at radius 1 is 1.23 bits per heavy atom. The van der Waals surface area contributed by atoms with Crippen molar-refractivity contribution in [3.63, 3.8) is 0 Å². The maximum Gasteiger partial charge on any atom is 0.277 e. The van der Waals surface area contributed by atoms with Crippen LogP contribution in [0.3, 0.4) is 0 Å². The molecule has 2 aliphatic rings. The highest BCUT2D eigenvalue weighted by Crippen LogP contribution is 2.41. The van der Waals surface area contributed by atoms with Crippen molar-refractivity contribution in [1.82, 2.24) is 9.97 Å². The number of nitrogens with one attached hydrogen (secondary N) is 1.